The monoisotopic (exact) mass is 489 g/mol. The van der Waals surface area contributed by atoms with E-state index in [1.807, 2.05) is 6.07 Å². The van der Waals surface area contributed by atoms with Crippen molar-refractivity contribution in [1.29, 1.82) is 0 Å². The first-order chi connectivity index (χ1) is 16.1. The van der Waals surface area contributed by atoms with Gasteiger partial charge in [-0.1, -0.05) is 11.6 Å². The van der Waals surface area contributed by atoms with Crippen LogP contribution in [0.15, 0.2) is 30.6 Å². The average molecular weight is 490 g/mol. The molecule has 1 aliphatic heterocycles. The van der Waals surface area contributed by atoms with Gasteiger partial charge in [-0.15, -0.1) is 0 Å². The van der Waals surface area contributed by atoms with Crippen molar-refractivity contribution >= 4 is 45.7 Å². The fraction of sp³-hybridized carbons (Fsp3) is 0.286. The molecule has 0 saturated carbocycles. The molecule has 0 aliphatic carbocycles. The minimum atomic E-state index is -2.89. The van der Waals surface area contributed by atoms with Crippen LogP contribution < -0.4 is 10.1 Å². The summed E-state index contributed by atoms with van der Waals surface area (Å²) in [6.45, 7) is 0.0654. The largest absolute Gasteiger partial charge is 0.413 e. The van der Waals surface area contributed by atoms with E-state index in [9.17, 15) is 18.4 Å². The number of hydrogen-bond donors (Lipinski definition) is 2. The number of nitrogens with one attached hydrogen (secondary N) is 2. The van der Waals surface area contributed by atoms with Crippen LogP contribution in [0.5, 0.6) is 5.75 Å². The van der Waals surface area contributed by atoms with Crippen LogP contribution >= 0.6 is 11.6 Å². The Labute approximate surface area is 195 Å². The van der Waals surface area contributed by atoms with Crippen molar-refractivity contribution in [3.8, 4) is 17.1 Å². The summed E-state index contributed by atoms with van der Waals surface area (Å²) >= 11 is 6.09. The molecule has 1 aromatic carbocycles. The Kier molecular flexibility index (Phi) is 5.12. The van der Waals surface area contributed by atoms with E-state index in [0.29, 0.717) is 22.1 Å². The molecule has 1 fully saturated rings. The lowest BCUT2D eigenvalue weighted by Crippen LogP contribution is -2.62. The van der Waals surface area contributed by atoms with E-state index in [1.165, 1.54) is 13.1 Å². The van der Waals surface area contributed by atoms with Crippen molar-refractivity contribution in [2.45, 2.75) is 18.9 Å². The van der Waals surface area contributed by atoms with E-state index in [4.69, 9.17) is 16.3 Å². The predicted octanol–water partition coefficient (Wildman–Crippen LogP) is 3.12. The number of nitrogens with zero attached hydrogens (tertiary/aromatic N) is 5. The molecule has 1 atom stereocenters. The van der Waals surface area contributed by atoms with Crippen molar-refractivity contribution in [1.82, 2.24) is 34.9 Å². The number of aryl methyl sites for hydroxylation is 1. The third kappa shape index (κ3) is 3.89. The summed E-state index contributed by atoms with van der Waals surface area (Å²) in [4.78, 5) is 37.2. The molecule has 3 aromatic heterocycles. The van der Waals surface area contributed by atoms with Gasteiger partial charge in [0.25, 0.3) is 5.92 Å². The minimum absolute atomic E-state index is 0.0836. The van der Waals surface area contributed by atoms with Gasteiger partial charge in [0.05, 0.1) is 24.8 Å². The second-order valence-corrected chi connectivity index (χ2v) is 8.48. The van der Waals surface area contributed by atoms with Crippen molar-refractivity contribution in [2.24, 2.45) is 7.05 Å². The number of benzene rings is 1. The number of halogens is 3. The number of ether oxygens (including phenoxy) is 1. The predicted molar refractivity (Wildman–Crippen MR) is 119 cm³/mol. The van der Waals surface area contributed by atoms with Crippen LogP contribution in [-0.4, -0.2) is 66.7 Å². The zero-order valence-corrected chi connectivity index (χ0v) is 18.7. The first kappa shape index (κ1) is 22.0. The summed E-state index contributed by atoms with van der Waals surface area (Å²) in [7, 11) is 1.78. The lowest BCUT2D eigenvalue weighted by molar-refractivity contribution is -0.167. The molecule has 5 rings (SSSR count). The second-order valence-electron chi connectivity index (χ2n) is 8.04. The number of hydrogen-bond acceptors (Lipinski definition) is 6. The third-order valence-corrected chi connectivity index (χ3v) is 5.70. The average Bonchev–Trinajstić information content (AvgIpc) is 3.31. The number of aromatic nitrogens is 5. The number of amides is 2. The van der Waals surface area contributed by atoms with Gasteiger partial charge < -0.3 is 19.9 Å². The maximum absolute atomic E-state index is 13.0. The fourth-order valence-electron chi connectivity index (χ4n) is 3.79. The normalized spacial score (nSPS) is 15.9. The van der Waals surface area contributed by atoms with Crippen molar-refractivity contribution < 1.29 is 23.1 Å². The first-order valence-corrected chi connectivity index (χ1v) is 10.6. The van der Waals surface area contributed by atoms with Gasteiger partial charge in [0.1, 0.15) is 17.4 Å². The summed E-state index contributed by atoms with van der Waals surface area (Å²) in [5.74, 6) is -3.42. The van der Waals surface area contributed by atoms with Crippen LogP contribution in [0.25, 0.3) is 33.5 Å². The Morgan fingerprint density at radius 3 is 2.82 bits per heavy atom. The summed E-state index contributed by atoms with van der Waals surface area (Å²) < 4.78 is 33.0. The molecule has 13 heteroatoms. The molecule has 2 N–H and O–H groups in total. The summed E-state index contributed by atoms with van der Waals surface area (Å²) in [5, 5.41) is 8.26. The molecule has 4 aromatic rings. The number of H-pyrrole nitrogens is 1. The number of rotatable bonds is 4. The highest BCUT2D eigenvalue weighted by molar-refractivity contribution is 6.31. The zero-order chi connectivity index (χ0) is 24.2. The van der Waals surface area contributed by atoms with Gasteiger partial charge in [-0.25, -0.2) is 23.5 Å². The van der Waals surface area contributed by atoms with Gasteiger partial charge in [0.15, 0.2) is 16.9 Å². The molecule has 2 amide bonds. The summed E-state index contributed by atoms with van der Waals surface area (Å²) in [6.07, 6.45) is 2.02. The van der Waals surface area contributed by atoms with E-state index in [-0.39, 0.29) is 11.3 Å². The number of likely N-dealkylation sites (tertiary alicyclic amines) is 1. The highest BCUT2D eigenvalue weighted by Gasteiger charge is 2.47. The Bertz CT molecular complexity index is 1440. The van der Waals surface area contributed by atoms with E-state index < -0.39 is 37.1 Å². The molecule has 0 unspecified atom stereocenters. The van der Waals surface area contributed by atoms with E-state index in [2.05, 4.69) is 25.4 Å². The van der Waals surface area contributed by atoms with Gasteiger partial charge in [0.2, 0.25) is 5.91 Å². The molecular weight excluding hydrogens is 472 g/mol. The zero-order valence-electron chi connectivity index (χ0n) is 18.0. The Balaban J connectivity index is 1.36. The molecule has 176 valence electrons. The Hall–Kier alpha value is -3.80. The van der Waals surface area contributed by atoms with Crippen molar-refractivity contribution in [3.05, 3.63) is 35.6 Å². The number of carbonyl (C=O) groups excluding carboxylic acids is 2. The SMILES string of the molecule is C[C@@H](NC(=O)Oc1c[nH]c2ncc(-c3nn(C)c4cc(Cl)ccc34)nc12)C(=O)N1CC(F)(F)C1. The van der Waals surface area contributed by atoms with Crippen LogP contribution in [-0.2, 0) is 11.8 Å². The molecule has 0 spiro atoms. The minimum Gasteiger partial charge on any atom is -0.406 e. The van der Waals surface area contributed by atoms with Gasteiger partial charge in [-0.05, 0) is 25.1 Å². The van der Waals surface area contributed by atoms with Crippen LogP contribution in [0.2, 0.25) is 5.02 Å². The topological polar surface area (TPSA) is 118 Å². The molecule has 0 radical (unpaired) electrons. The molecule has 34 heavy (non-hydrogen) atoms. The Morgan fingerprint density at radius 2 is 2.09 bits per heavy atom. The highest BCUT2D eigenvalue weighted by atomic mass is 35.5. The molecular formula is C21H18ClF2N7O3. The van der Waals surface area contributed by atoms with E-state index in [1.54, 1.807) is 30.1 Å². The molecule has 4 heterocycles. The van der Waals surface area contributed by atoms with E-state index >= 15 is 0 Å². The number of aromatic amines is 1. The van der Waals surface area contributed by atoms with Crippen LogP contribution in [0.3, 0.4) is 0 Å². The third-order valence-electron chi connectivity index (χ3n) is 5.47. The number of carbonyl (C=O) groups is 2. The lowest BCUT2D eigenvalue weighted by atomic mass is 10.1. The second kappa shape index (κ2) is 7.90. The molecule has 1 saturated heterocycles. The maximum Gasteiger partial charge on any atom is 0.413 e. The lowest BCUT2D eigenvalue weighted by Gasteiger charge is -2.39. The number of fused-ring (bicyclic) bond motifs is 2. The quantitative estimate of drug-likeness (QED) is 0.455. The van der Waals surface area contributed by atoms with Gasteiger partial charge in [-0.3, -0.25) is 9.48 Å². The van der Waals surface area contributed by atoms with Gasteiger partial charge in [0, 0.05) is 23.7 Å². The summed E-state index contributed by atoms with van der Waals surface area (Å²) in [6, 6.07) is 4.33. The van der Waals surface area contributed by atoms with Crippen molar-refractivity contribution in [2.75, 3.05) is 13.1 Å². The first-order valence-electron chi connectivity index (χ1n) is 10.2. The van der Waals surface area contributed by atoms with Crippen LogP contribution in [0.1, 0.15) is 6.92 Å². The van der Waals surface area contributed by atoms with Crippen LogP contribution in [0.4, 0.5) is 13.6 Å². The van der Waals surface area contributed by atoms with E-state index in [0.717, 1.165) is 15.8 Å². The molecule has 1 aliphatic rings. The molecule has 10 nitrogen and oxygen atoms in total. The van der Waals surface area contributed by atoms with Crippen molar-refractivity contribution in [3.63, 3.8) is 0 Å². The fourth-order valence-corrected chi connectivity index (χ4v) is 3.96. The smallest absolute Gasteiger partial charge is 0.406 e. The standard InChI is InChI=1S/C21H18ClF2N7O3/c1-10(19(32)31-8-21(23,24)9-31)27-20(33)34-15-7-26-18-17(15)28-13(6-25-18)16-12-4-3-11(22)5-14(12)30(2)29-16/h3-7,10H,8-9H2,1-2H3,(H,25,26)(H,27,33)/t10-/m1/s1. The Morgan fingerprint density at radius 1 is 1.32 bits per heavy atom. The maximum atomic E-state index is 13.0. The summed E-state index contributed by atoms with van der Waals surface area (Å²) in [5.41, 5.74) is 2.50. The van der Waals surface area contributed by atoms with Gasteiger partial charge >= 0.3 is 6.09 Å². The highest BCUT2D eigenvalue weighted by Crippen LogP contribution is 2.31. The molecule has 0 bridgehead atoms. The van der Waals surface area contributed by atoms with Gasteiger partial charge in [-0.2, -0.15) is 5.10 Å². The number of alkyl halides is 2. The van der Waals surface area contributed by atoms with Crippen LogP contribution in [0, 0.1) is 0 Å².